The lowest BCUT2D eigenvalue weighted by Gasteiger charge is -2.27. The number of amides is 9. The van der Waals surface area contributed by atoms with Crippen LogP contribution in [0.15, 0.2) is 73.3 Å². The van der Waals surface area contributed by atoms with Crippen LogP contribution in [0.5, 0.6) is 0 Å². The normalized spacial score (nSPS) is 14.0. The van der Waals surface area contributed by atoms with Gasteiger partial charge in [0.15, 0.2) is 11.9 Å². The van der Waals surface area contributed by atoms with Gasteiger partial charge in [-0.3, -0.25) is 54.0 Å². The van der Waals surface area contributed by atoms with E-state index >= 15 is 0 Å². The summed E-state index contributed by atoms with van der Waals surface area (Å²) in [7, 11) is 0. The zero-order chi connectivity index (χ0) is 57.3. The highest BCUT2D eigenvalue weighted by molar-refractivity contribution is 7.80. The van der Waals surface area contributed by atoms with E-state index in [-0.39, 0.29) is 75.0 Å². The van der Waals surface area contributed by atoms with E-state index in [1.54, 1.807) is 42.6 Å². The van der Waals surface area contributed by atoms with Crippen LogP contribution in [0.3, 0.4) is 0 Å². The van der Waals surface area contributed by atoms with Crippen molar-refractivity contribution in [2.45, 2.75) is 107 Å². The summed E-state index contributed by atoms with van der Waals surface area (Å²) < 4.78 is 0. The molecule has 8 atom stereocenters. The molecule has 0 aliphatic heterocycles. The molecule has 20 N–H and O–H groups in total. The molecule has 0 aliphatic carbocycles. The minimum Gasteiger partial charge on any atom is -0.370 e. The molecule has 0 bridgehead atoms. The summed E-state index contributed by atoms with van der Waals surface area (Å²) in [6.45, 7) is 2.91. The third-order valence-electron chi connectivity index (χ3n) is 12.0. The average molecular weight is 1120 g/mol. The first kappa shape index (κ1) is 62.2. The largest absolute Gasteiger partial charge is 0.370 e. The second-order valence-corrected chi connectivity index (χ2v) is 18.8. The molecule has 0 fully saturated rings. The predicted molar refractivity (Wildman–Crippen MR) is 296 cm³/mol. The van der Waals surface area contributed by atoms with Crippen LogP contribution < -0.4 is 70.4 Å². The molecule has 0 radical (unpaired) electrons. The number of nitrogens with one attached hydrogen (secondary N) is 14. The number of para-hydroxylation sites is 1. The zero-order valence-electron chi connectivity index (χ0n) is 43.1. The summed E-state index contributed by atoms with van der Waals surface area (Å²) in [5.41, 5.74) is 18.7. The fourth-order valence-electron chi connectivity index (χ4n) is 7.89. The summed E-state index contributed by atoms with van der Waals surface area (Å²) in [4.78, 5) is 132. The number of hydrogen-bond acceptors (Lipinski definition) is 14. The number of fused-ring (bicyclic) bond motifs is 1. The lowest BCUT2D eigenvalue weighted by atomic mass is 10.0. The highest BCUT2D eigenvalue weighted by Gasteiger charge is 2.34. The Hall–Kier alpha value is -8.34. The fraction of sp³-hybridized carbons (Fsp3) is 0.429. The van der Waals surface area contributed by atoms with Crippen molar-refractivity contribution in [2.75, 3.05) is 24.6 Å². The van der Waals surface area contributed by atoms with E-state index in [4.69, 9.17) is 28.0 Å². The number of primary amides is 1. The summed E-state index contributed by atoms with van der Waals surface area (Å²) >= 11 is 8.36. The number of carbonyl (C=O) groups excluding carboxylic acids is 9. The third-order valence-corrected chi connectivity index (χ3v) is 12.7. The van der Waals surface area contributed by atoms with E-state index in [9.17, 15) is 43.2 Å². The molecule has 2 aromatic carbocycles. The molecule has 422 valence electrons. The van der Waals surface area contributed by atoms with Crippen molar-refractivity contribution < 1.29 is 43.2 Å². The van der Waals surface area contributed by atoms with E-state index < -0.39 is 101 Å². The Balaban J connectivity index is 1.58. The number of guanidine groups is 2. The number of hydrogen-bond donors (Lipinski definition) is 19. The molecule has 0 spiro atoms. The van der Waals surface area contributed by atoms with Gasteiger partial charge in [-0.15, -0.1) is 0 Å². The van der Waals surface area contributed by atoms with Crippen LogP contribution in [0.2, 0.25) is 0 Å². The van der Waals surface area contributed by atoms with Gasteiger partial charge in [0, 0.05) is 79.8 Å². The number of imidazole rings is 1. The van der Waals surface area contributed by atoms with Crippen LogP contribution in [0.4, 0.5) is 0 Å². The van der Waals surface area contributed by atoms with Crippen LogP contribution in [-0.4, -0.2) is 153 Å². The van der Waals surface area contributed by atoms with Gasteiger partial charge in [0.05, 0.1) is 6.33 Å². The highest BCUT2D eigenvalue weighted by Crippen LogP contribution is 2.20. The molecule has 29 heteroatoms. The highest BCUT2D eigenvalue weighted by atomic mass is 32.1. The number of benzene rings is 2. The summed E-state index contributed by atoms with van der Waals surface area (Å²) in [6.07, 6.45) is 4.64. The lowest BCUT2D eigenvalue weighted by Crippen LogP contribution is -2.61. The topological polar surface area (TPSA) is 444 Å². The molecular formula is C49H70N18O9S2. The molecule has 9 amide bonds. The molecule has 4 rings (SSSR count). The summed E-state index contributed by atoms with van der Waals surface area (Å²) in [5, 5.41) is 41.9. The van der Waals surface area contributed by atoms with Crippen molar-refractivity contribution in [1.29, 1.82) is 10.8 Å². The molecule has 0 aliphatic rings. The third kappa shape index (κ3) is 20.7. The maximum absolute atomic E-state index is 14.6. The van der Waals surface area contributed by atoms with Crippen LogP contribution >= 0.6 is 25.3 Å². The number of aromatic amines is 2. The van der Waals surface area contributed by atoms with Gasteiger partial charge in [0.25, 0.3) is 0 Å². The van der Waals surface area contributed by atoms with Crippen LogP contribution in [-0.2, 0) is 62.4 Å². The van der Waals surface area contributed by atoms with Crippen LogP contribution in [0, 0.1) is 10.8 Å². The number of rotatable bonds is 32. The second-order valence-electron chi connectivity index (χ2n) is 18.1. The molecule has 0 saturated carbocycles. The molecule has 78 heavy (non-hydrogen) atoms. The fourth-order valence-corrected chi connectivity index (χ4v) is 8.42. The monoisotopic (exact) mass is 1120 g/mol. The Morgan fingerprint density at radius 3 is 1.58 bits per heavy atom. The Kier molecular flexibility index (Phi) is 25.2. The van der Waals surface area contributed by atoms with Crippen molar-refractivity contribution in [3.63, 3.8) is 0 Å². The standard InChI is InChI=1S/C49H70N18O9S2/c1-26(60-47(76)39(24-78)67-42(71)33(61-27(2)68)14-8-16-56-48(51)52)41(70)63-37(20-30-22-55-25-59-30)46(75)64-35(18-28-10-4-3-5-11-28)44(73)62-34(15-9-17-57-49(53)54)43(72)65-36(45(74)66-38(23-77)40(50)69)19-29-21-58-32-13-7-6-12-31(29)32/h3-7,10-13,21-22,25-26,33-39,58,77-78H,8-9,14-20,23-24H2,1-2H3,(H2,50,69)(H,55,59)(H,60,76)(H,61,68)(H,62,73)(H,63,70)(H,64,75)(H,65,72)(H,66,74)(H,67,71)(H4,51,52,56)(H4,53,54,57)/t26-,33+,34+,35-,36?,37+,38+,39+/m1/s1. The number of nitrogens with zero attached hydrogens (tertiary/aromatic N) is 1. The van der Waals surface area contributed by atoms with E-state index in [1.165, 1.54) is 26.4 Å². The number of H-pyrrole nitrogens is 2. The minimum absolute atomic E-state index is 0.0679. The van der Waals surface area contributed by atoms with Gasteiger partial charge < -0.3 is 80.3 Å². The van der Waals surface area contributed by atoms with Gasteiger partial charge in [0.2, 0.25) is 53.2 Å². The molecule has 2 aromatic heterocycles. The van der Waals surface area contributed by atoms with Crippen molar-refractivity contribution in [2.24, 2.45) is 17.2 Å². The maximum Gasteiger partial charge on any atom is 0.244 e. The van der Waals surface area contributed by atoms with Gasteiger partial charge in [0.1, 0.15) is 48.3 Å². The second kappa shape index (κ2) is 31.6. The molecule has 1 unspecified atom stereocenters. The number of carbonyl (C=O) groups is 9. The molecule has 4 aromatic rings. The smallest absolute Gasteiger partial charge is 0.244 e. The maximum atomic E-state index is 14.6. The van der Waals surface area contributed by atoms with Gasteiger partial charge >= 0.3 is 0 Å². The van der Waals surface area contributed by atoms with E-state index in [1.807, 2.05) is 18.2 Å². The average Bonchev–Trinajstić information content (AvgIpc) is 4.10. The Morgan fingerprint density at radius 1 is 0.564 bits per heavy atom. The van der Waals surface area contributed by atoms with Crippen LogP contribution in [0.1, 0.15) is 56.4 Å². The number of aromatic nitrogens is 3. The van der Waals surface area contributed by atoms with Crippen molar-refractivity contribution in [3.05, 3.63) is 90.1 Å². The van der Waals surface area contributed by atoms with Crippen LogP contribution in [0.25, 0.3) is 10.9 Å². The summed E-state index contributed by atoms with van der Waals surface area (Å²) in [6, 6.07) is 5.52. The Morgan fingerprint density at radius 2 is 1.04 bits per heavy atom. The van der Waals surface area contributed by atoms with Gasteiger partial charge in [-0.2, -0.15) is 25.3 Å². The van der Waals surface area contributed by atoms with Crippen molar-refractivity contribution in [1.82, 2.24) is 68.1 Å². The lowest BCUT2D eigenvalue weighted by molar-refractivity contribution is -0.135. The molecule has 0 saturated heterocycles. The summed E-state index contributed by atoms with van der Waals surface area (Å²) in [5.74, 6) is -7.98. The predicted octanol–water partition coefficient (Wildman–Crippen LogP) is -3.29. The van der Waals surface area contributed by atoms with Crippen molar-refractivity contribution >= 4 is 101 Å². The first-order valence-electron chi connectivity index (χ1n) is 24.8. The Bertz CT molecular complexity index is 2710. The van der Waals surface area contributed by atoms with E-state index in [2.05, 4.69) is 93.4 Å². The molecular weight excluding hydrogens is 1050 g/mol. The van der Waals surface area contributed by atoms with Gasteiger partial charge in [-0.1, -0.05) is 48.5 Å². The van der Waals surface area contributed by atoms with Gasteiger partial charge in [-0.05, 0) is 49.8 Å². The quantitative estimate of drug-likeness (QED) is 0.00987. The SMILES string of the molecule is CC(=O)N[C@@H](CCCNC(=N)N)C(=O)N[C@@H](CS)C(=O)N[C@H](C)C(=O)N[C@@H](Cc1cnc[nH]1)C(=O)N[C@H](Cc1ccccc1)C(=O)N[C@@H](CCCNC(=N)N)C(=O)NC(Cc1c[nH]c2ccccc12)C(=O)N[C@@H](CS)C(N)=O. The Labute approximate surface area is 460 Å². The first-order valence-corrected chi connectivity index (χ1v) is 26.1. The van der Waals surface area contributed by atoms with Crippen molar-refractivity contribution in [3.8, 4) is 0 Å². The minimum atomic E-state index is -1.42. The number of nitrogens with two attached hydrogens (primary N) is 3. The first-order chi connectivity index (χ1) is 37.2. The molecule has 2 heterocycles. The number of thiol groups is 2. The van der Waals surface area contributed by atoms with Gasteiger partial charge in [-0.25, -0.2) is 4.98 Å². The molecule has 27 nitrogen and oxygen atoms in total. The zero-order valence-corrected chi connectivity index (χ0v) is 44.9. The van der Waals surface area contributed by atoms with E-state index in [0.29, 0.717) is 23.2 Å². The van der Waals surface area contributed by atoms with E-state index in [0.717, 1.165) is 10.9 Å².